The fourth-order valence-electron chi connectivity index (χ4n) is 4.09. The van der Waals surface area contributed by atoms with Crippen LogP contribution >= 0.6 is 12.4 Å². The second-order valence-corrected chi connectivity index (χ2v) is 6.92. The molecule has 2 heterocycles. The van der Waals surface area contributed by atoms with Gasteiger partial charge in [-0.3, -0.25) is 10.2 Å². The number of hydrogen-bond acceptors (Lipinski definition) is 5. The molecule has 1 amide bonds. The first kappa shape index (κ1) is 18.2. The first-order chi connectivity index (χ1) is 11.7. The van der Waals surface area contributed by atoms with Crippen molar-refractivity contribution in [2.45, 2.75) is 31.3 Å². The molecule has 0 unspecified atom stereocenters. The zero-order chi connectivity index (χ0) is 16.6. The van der Waals surface area contributed by atoms with E-state index in [0.717, 1.165) is 57.4 Å². The molecule has 7 heteroatoms. The molecule has 1 spiro atoms. The molecule has 1 aromatic rings. The second kappa shape index (κ2) is 7.32. The third-order valence-corrected chi connectivity index (χ3v) is 5.48. The summed E-state index contributed by atoms with van der Waals surface area (Å²) < 4.78 is 5.75. The highest BCUT2D eigenvalue weighted by atomic mass is 35.5. The van der Waals surface area contributed by atoms with Gasteiger partial charge in [-0.2, -0.15) is 0 Å². The number of nitrogens with zero attached hydrogens (tertiary/aromatic N) is 1. The second-order valence-electron chi connectivity index (χ2n) is 6.92. The summed E-state index contributed by atoms with van der Waals surface area (Å²) in [4.78, 5) is 24.6. The lowest BCUT2D eigenvalue weighted by Crippen LogP contribution is -2.53. The van der Waals surface area contributed by atoms with Gasteiger partial charge >= 0.3 is 5.97 Å². The maximum absolute atomic E-state index is 12.5. The number of piperazine rings is 1. The van der Waals surface area contributed by atoms with E-state index in [4.69, 9.17) is 4.74 Å². The minimum atomic E-state index is -0.514. The number of ether oxygens (including phenoxy) is 1. The van der Waals surface area contributed by atoms with Gasteiger partial charge in [0.2, 0.25) is 5.91 Å². The summed E-state index contributed by atoms with van der Waals surface area (Å²) in [5.41, 5.74) is 4.21. The Kier molecular flexibility index (Phi) is 5.32. The number of esters is 1. The summed E-state index contributed by atoms with van der Waals surface area (Å²) in [7, 11) is 0. The minimum Gasteiger partial charge on any atom is -0.451 e. The fraction of sp³-hybridized carbons (Fsp3) is 0.556. The Morgan fingerprint density at radius 2 is 1.88 bits per heavy atom. The predicted molar refractivity (Wildman–Crippen MR) is 95.3 cm³/mol. The van der Waals surface area contributed by atoms with Crippen molar-refractivity contribution in [1.29, 1.82) is 0 Å². The third-order valence-electron chi connectivity index (χ3n) is 5.48. The van der Waals surface area contributed by atoms with Crippen LogP contribution in [0.5, 0.6) is 0 Å². The number of amides is 1. The fourth-order valence-corrected chi connectivity index (χ4v) is 4.09. The lowest BCUT2D eigenvalue weighted by molar-refractivity contribution is -0.133. The maximum Gasteiger partial charge on any atom is 0.339 e. The van der Waals surface area contributed by atoms with E-state index in [1.165, 1.54) is 0 Å². The number of halogens is 1. The van der Waals surface area contributed by atoms with Crippen molar-refractivity contribution >= 4 is 24.3 Å². The van der Waals surface area contributed by atoms with Gasteiger partial charge in [-0.1, -0.05) is 18.2 Å². The van der Waals surface area contributed by atoms with E-state index in [0.29, 0.717) is 5.56 Å². The Balaban J connectivity index is 0.00000182. The summed E-state index contributed by atoms with van der Waals surface area (Å²) in [6.45, 7) is 3.49. The number of carbonyl (C=O) groups is 2. The van der Waals surface area contributed by atoms with E-state index in [1.54, 1.807) is 0 Å². The maximum atomic E-state index is 12.5. The van der Waals surface area contributed by atoms with Crippen molar-refractivity contribution in [3.63, 3.8) is 0 Å². The summed E-state index contributed by atoms with van der Waals surface area (Å²) >= 11 is 0. The van der Waals surface area contributed by atoms with Gasteiger partial charge in [0.25, 0.3) is 0 Å². The summed E-state index contributed by atoms with van der Waals surface area (Å²) in [5.74, 6) is -0.129. The first-order valence-corrected chi connectivity index (χ1v) is 8.77. The molecule has 2 fully saturated rings. The molecule has 0 bridgehead atoms. The van der Waals surface area contributed by atoms with Crippen molar-refractivity contribution in [3.05, 3.63) is 35.4 Å². The summed E-state index contributed by atoms with van der Waals surface area (Å²) in [5, 5.41) is 5.27. The lowest BCUT2D eigenvalue weighted by Gasteiger charge is -2.37. The van der Waals surface area contributed by atoms with Crippen LogP contribution in [0.25, 0.3) is 0 Å². The zero-order valence-electron chi connectivity index (χ0n) is 14.1. The zero-order valence-corrected chi connectivity index (χ0v) is 14.9. The van der Waals surface area contributed by atoms with Gasteiger partial charge in [0, 0.05) is 37.7 Å². The van der Waals surface area contributed by atoms with Crippen molar-refractivity contribution in [2.75, 3.05) is 26.2 Å². The SMILES string of the molecule is Cl.O=C1OC2(CCC(C(=O)NN3CCNCC3)CC2)c2ccccc21. The van der Waals surface area contributed by atoms with Crippen LogP contribution in [0, 0.1) is 5.92 Å². The smallest absolute Gasteiger partial charge is 0.339 e. The largest absolute Gasteiger partial charge is 0.451 e. The number of benzene rings is 1. The van der Waals surface area contributed by atoms with E-state index in [9.17, 15) is 9.59 Å². The van der Waals surface area contributed by atoms with E-state index in [2.05, 4.69) is 10.7 Å². The van der Waals surface area contributed by atoms with Gasteiger partial charge in [-0.15, -0.1) is 12.4 Å². The average molecular weight is 366 g/mol. The normalized spacial score (nSPS) is 28.8. The van der Waals surface area contributed by atoms with Crippen LogP contribution in [-0.2, 0) is 15.1 Å². The molecular formula is C18H24ClN3O3. The number of hydrogen-bond donors (Lipinski definition) is 2. The summed E-state index contributed by atoms with van der Waals surface area (Å²) in [6.07, 6.45) is 2.93. The Morgan fingerprint density at radius 3 is 2.60 bits per heavy atom. The molecule has 1 aliphatic carbocycles. The molecule has 0 aromatic heterocycles. The minimum absolute atomic E-state index is 0. The molecule has 4 rings (SSSR count). The lowest BCUT2D eigenvalue weighted by atomic mass is 9.75. The number of carbonyl (C=O) groups excluding carboxylic acids is 2. The highest BCUT2D eigenvalue weighted by molar-refractivity contribution is 5.94. The van der Waals surface area contributed by atoms with Crippen molar-refractivity contribution in [3.8, 4) is 0 Å². The molecule has 2 N–H and O–H groups in total. The standard InChI is InChI=1S/C18H23N3O3.ClH/c22-16(20-21-11-9-19-10-12-21)13-5-7-18(8-6-13)15-4-2-1-3-14(15)17(23)24-18;/h1-4,13,19H,5-12H2,(H,20,22);1H. The van der Waals surface area contributed by atoms with E-state index in [-0.39, 0.29) is 30.2 Å². The van der Waals surface area contributed by atoms with E-state index >= 15 is 0 Å². The van der Waals surface area contributed by atoms with E-state index < -0.39 is 5.60 Å². The highest BCUT2D eigenvalue weighted by Gasteiger charge is 2.48. The third kappa shape index (κ3) is 3.38. The van der Waals surface area contributed by atoms with Crippen LogP contribution < -0.4 is 10.7 Å². The van der Waals surface area contributed by atoms with Gasteiger partial charge in [0.1, 0.15) is 5.60 Å². The van der Waals surface area contributed by atoms with Gasteiger partial charge in [-0.25, -0.2) is 9.80 Å². The van der Waals surface area contributed by atoms with Gasteiger partial charge < -0.3 is 10.1 Å². The molecule has 0 atom stereocenters. The van der Waals surface area contributed by atoms with Crippen molar-refractivity contribution < 1.29 is 14.3 Å². The Bertz CT molecular complexity index is 653. The Hall–Kier alpha value is -1.63. The number of fused-ring (bicyclic) bond motifs is 2. The highest BCUT2D eigenvalue weighted by Crippen LogP contribution is 2.47. The monoisotopic (exact) mass is 365 g/mol. The molecule has 25 heavy (non-hydrogen) atoms. The van der Waals surface area contributed by atoms with Gasteiger partial charge in [-0.05, 0) is 31.7 Å². The van der Waals surface area contributed by atoms with Crippen LogP contribution in [0.15, 0.2) is 24.3 Å². The van der Waals surface area contributed by atoms with Gasteiger partial charge in [0.05, 0.1) is 5.56 Å². The number of hydrazine groups is 1. The molecule has 3 aliphatic rings. The topological polar surface area (TPSA) is 70.7 Å². The predicted octanol–water partition coefficient (Wildman–Crippen LogP) is 1.60. The first-order valence-electron chi connectivity index (χ1n) is 8.77. The molecule has 0 radical (unpaired) electrons. The summed E-state index contributed by atoms with van der Waals surface area (Å²) in [6, 6.07) is 7.63. The molecular weight excluding hydrogens is 342 g/mol. The van der Waals surface area contributed by atoms with Crippen LogP contribution in [0.4, 0.5) is 0 Å². The van der Waals surface area contributed by atoms with Crippen LogP contribution in [0.3, 0.4) is 0 Å². The molecule has 136 valence electrons. The molecule has 1 saturated carbocycles. The van der Waals surface area contributed by atoms with Crippen molar-refractivity contribution in [1.82, 2.24) is 15.8 Å². The van der Waals surface area contributed by atoms with Crippen LogP contribution in [0.1, 0.15) is 41.6 Å². The van der Waals surface area contributed by atoms with Crippen LogP contribution in [0.2, 0.25) is 0 Å². The van der Waals surface area contributed by atoms with Crippen molar-refractivity contribution in [2.24, 2.45) is 5.92 Å². The Morgan fingerprint density at radius 1 is 1.20 bits per heavy atom. The molecule has 1 aromatic carbocycles. The van der Waals surface area contributed by atoms with E-state index in [1.807, 2.05) is 29.3 Å². The van der Waals surface area contributed by atoms with Crippen LogP contribution in [-0.4, -0.2) is 43.1 Å². The molecule has 6 nitrogen and oxygen atoms in total. The quantitative estimate of drug-likeness (QED) is 0.779. The van der Waals surface area contributed by atoms with Gasteiger partial charge in [0.15, 0.2) is 0 Å². The number of rotatable bonds is 2. The number of nitrogens with one attached hydrogen (secondary N) is 2. The molecule has 1 saturated heterocycles. The average Bonchev–Trinajstić information content (AvgIpc) is 2.89. The Labute approximate surface area is 153 Å². The molecule has 2 aliphatic heterocycles.